The molecule has 1 aromatic heterocycles. The molecular weight excluding hydrogens is 225 g/mol. The first-order chi connectivity index (χ1) is 6.32. The van der Waals surface area contributed by atoms with Crippen LogP contribution in [0.5, 0.6) is 0 Å². The fourth-order valence-electron chi connectivity index (χ4n) is 0.608. The van der Waals surface area contributed by atoms with Gasteiger partial charge in [-0.05, 0) is 6.92 Å². The molecule has 4 nitrogen and oxygen atoms in total. The minimum atomic E-state index is -5.01. The number of carbonyl (C=O) groups is 1. The lowest BCUT2D eigenvalue weighted by molar-refractivity contribution is -0.0903. The highest BCUT2D eigenvalue weighted by molar-refractivity contribution is 6.20. The number of alkyl halides is 4. The number of halogens is 4. The Morgan fingerprint density at radius 3 is 2.43 bits per heavy atom. The highest BCUT2D eigenvalue weighted by Gasteiger charge is 2.43. The van der Waals surface area contributed by atoms with Crippen molar-refractivity contribution >= 4 is 17.4 Å². The van der Waals surface area contributed by atoms with Crippen LogP contribution in [0.15, 0.2) is 4.42 Å². The minimum absolute atomic E-state index is 0.223. The van der Waals surface area contributed by atoms with Crippen molar-refractivity contribution in [2.45, 2.75) is 18.5 Å². The van der Waals surface area contributed by atoms with Gasteiger partial charge in [-0.25, -0.2) is 0 Å². The Balaban J connectivity index is 2.93. The van der Waals surface area contributed by atoms with Crippen molar-refractivity contribution in [3.05, 3.63) is 11.8 Å². The van der Waals surface area contributed by atoms with Crippen molar-refractivity contribution in [3.8, 4) is 0 Å². The monoisotopic (exact) mass is 228 g/mol. The van der Waals surface area contributed by atoms with E-state index in [0.29, 0.717) is 0 Å². The van der Waals surface area contributed by atoms with Crippen LogP contribution in [-0.4, -0.2) is 22.2 Å². The molecule has 0 bridgehead atoms. The van der Waals surface area contributed by atoms with E-state index in [-0.39, 0.29) is 5.89 Å². The Kier molecular flexibility index (Phi) is 2.79. The van der Waals surface area contributed by atoms with E-state index in [0.717, 1.165) is 0 Å². The van der Waals surface area contributed by atoms with Crippen molar-refractivity contribution in [2.75, 3.05) is 0 Å². The van der Waals surface area contributed by atoms with Crippen LogP contribution in [0.25, 0.3) is 0 Å². The molecule has 0 aromatic carbocycles. The summed E-state index contributed by atoms with van der Waals surface area (Å²) in [5.41, 5.74) is 0. The number of hydrogen-bond donors (Lipinski definition) is 0. The molecule has 78 valence electrons. The topological polar surface area (TPSA) is 56.0 Å². The highest BCUT2D eigenvalue weighted by atomic mass is 35.5. The molecule has 1 rings (SSSR count). The first-order valence-corrected chi connectivity index (χ1v) is 3.85. The molecular formula is C6H4ClF3N2O2. The number of hydrogen-bond acceptors (Lipinski definition) is 4. The summed E-state index contributed by atoms with van der Waals surface area (Å²) >= 11 is 5.45. The third-order valence-electron chi connectivity index (χ3n) is 1.23. The maximum absolute atomic E-state index is 11.8. The van der Waals surface area contributed by atoms with Gasteiger partial charge in [-0.15, -0.1) is 21.8 Å². The lowest BCUT2D eigenvalue weighted by atomic mass is 10.4. The Labute approximate surface area is 81.1 Å². The zero-order valence-electron chi connectivity index (χ0n) is 6.80. The van der Waals surface area contributed by atoms with Gasteiger partial charge < -0.3 is 4.42 Å². The smallest absolute Gasteiger partial charge is 0.416 e. The Bertz CT molecular complexity index is 347. The van der Waals surface area contributed by atoms with Gasteiger partial charge in [-0.1, -0.05) is 0 Å². The van der Waals surface area contributed by atoms with Gasteiger partial charge in [0.1, 0.15) is 5.38 Å². The van der Waals surface area contributed by atoms with Crippen LogP contribution in [0.1, 0.15) is 28.9 Å². The van der Waals surface area contributed by atoms with Crippen molar-refractivity contribution < 1.29 is 22.4 Å². The molecule has 0 aliphatic heterocycles. The van der Waals surface area contributed by atoms with E-state index < -0.39 is 23.2 Å². The van der Waals surface area contributed by atoms with E-state index in [1.54, 1.807) is 0 Å². The maximum atomic E-state index is 11.8. The lowest BCUT2D eigenvalue weighted by Gasteiger charge is -1.99. The minimum Gasteiger partial charge on any atom is -0.416 e. The van der Waals surface area contributed by atoms with Crippen LogP contribution in [0.3, 0.4) is 0 Å². The first-order valence-electron chi connectivity index (χ1n) is 3.41. The average molecular weight is 229 g/mol. The quantitative estimate of drug-likeness (QED) is 0.575. The average Bonchev–Trinajstić information content (AvgIpc) is 2.48. The largest absolute Gasteiger partial charge is 0.460 e. The molecule has 0 spiro atoms. The van der Waals surface area contributed by atoms with Crippen LogP contribution < -0.4 is 0 Å². The molecule has 1 heterocycles. The van der Waals surface area contributed by atoms with Crippen molar-refractivity contribution in [3.63, 3.8) is 0 Å². The fraction of sp³-hybridized carbons (Fsp3) is 0.500. The number of nitrogens with zero attached hydrogens (tertiary/aromatic N) is 2. The van der Waals surface area contributed by atoms with Gasteiger partial charge >= 0.3 is 12.0 Å². The van der Waals surface area contributed by atoms with Crippen molar-refractivity contribution in [1.29, 1.82) is 0 Å². The summed E-state index contributed by atoms with van der Waals surface area (Å²) < 4.78 is 39.9. The van der Waals surface area contributed by atoms with E-state index >= 15 is 0 Å². The van der Waals surface area contributed by atoms with Gasteiger partial charge in [0.25, 0.3) is 5.89 Å². The Hall–Kier alpha value is -1.11. The molecule has 1 unspecified atom stereocenters. The molecule has 1 atom stereocenters. The third kappa shape index (κ3) is 2.22. The predicted molar refractivity (Wildman–Crippen MR) is 39.0 cm³/mol. The fourth-order valence-corrected chi connectivity index (χ4v) is 0.697. The molecule has 0 radical (unpaired) electrons. The number of carbonyl (C=O) groups excluding carboxylic acids is 1. The molecule has 0 N–H and O–H groups in total. The molecule has 0 amide bonds. The highest BCUT2D eigenvalue weighted by Crippen LogP contribution is 2.23. The molecule has 0 aliphatic rings. The first kappa shape index (κ1) is 11.0. The summed E-state index contributed by atoms with van der Waals surface area (Å²) in [6.07, 6.45) is -5.01. The second-order valence-electron chi connectivity index (χ2n) is 2.39. The summed E-state index contributed by atoms with van der Waals surface area (Å²) in [7, 11) is 0. The predicted octanol–water partition coefficient (Wildman–Crippen LogP) is 2.11. The van der Waals surface area contributed by atoms with Gasteiger partial charge in [0.2, 0.25) is 5.89 Å². The van der Waals surface area contributed by atoms with E-state index in [9.17, 15) is 18.0 Å². The maximum Gasteiger partial charge on any atom is 0.460 e. The molecule has 0 saturated heterocycles. The second kappa shape index (κ2) is 3.56. The number of rotatable bonds is 2. The molecule has 0 saturated carbocycles. The van der Waals surface area contributed by atoms with Crippen molar-refractivity contribution in [1.82, 2.24) is 10.2 Å². The van der Waals surface area contributed by atoms with E-state index in [1.807, 2.05) is 0 Å². The molecule has 0 aliphatic carbocycles. The second-order valence-corrected chi connectivity index (χ2v) is 3.04. The standard InChI is InChI=1S/C6H4ClF3N2O2/c1-2(7)4-11-12-5(14-4)3(13)6(8,9)10/h2H,1H3. The zero-order chi connectivity index (χ0) is 10.9. The molecule has 0 fully saturated rings. The molecule has 14 heavy (non-hydrogen) atoms. The number of aromatic nitrogens is 2. The van der Waals surface area contributed by atoms with Gasteiger partial charge in [0, 0.05) is 0 Å². The van der Waals surface area contributed by atoms with Crippen LogP contribution in [0.4, 0.5) is 13.2 Å². The Morgan fingerprint density at radius 2 is 2.07 bits per heavy atom. The van der Waals surface area contributed by atoms with Gasteiger partial charge in [0.15, 0.2) is 0 Å². The molecule has 8 heteroatoms. The Morgan fingerprint density at radius 1 is 1.50 bits per heavy atom. The van der Waals surface area contributed by atoms with Crippen LogP contribution in [0, 0.1) is 0 Å². The summed E-state index contributed by atoms with van der Waals surface area (Å²) in [6, 6.07) is 0. The van der Waals surface area contributed by atoms with E-state index in [1.165, 1.54) is 6.92 Å². The van der Waals surface area contributed by atoms with E-state index in [4.69, 9.17) is 11.6 Å². The number of ketones is 1. The van der Waals surface area contributed by atoms with Gasteiger partial charge in [-0.2, -0.15) is 13.2 Å². The summed E-state index contributed by atoms with van der Waals surface area (Å²) in [5.74, 6) is -3.49. The van der Waals surface area contributed by atoms with Crippen LogP contribution in [0.2, 0.25) is 0 Å². The summed E-state index contributed by atoms with van der Waals surface area (Å²) in [6.45, 7) is 1.43. The summed E-state index contributed by atoms with van der Waals surface area (Å²) in [5, 5.41) is 5.38. The van der Waals surface area contributed by atoms with Gasteiger partial charge in [0.05, 0.1) is 0 Å². The zero-order valence-corrected chi connectivity index (χ0v) is 7.56. The summed E-state index contributed by atoms with van der Waals surface area (Å²) in [4.78, 5) is 10.5. The molecule has 1 aromatic rings. The SMILES string of the molecule is CC(Cl)c1nnc(C(=O)C(F)(F)F)o1. The number of Topliss-reactive ketones (excluding diaryl/α,β-unsaturated/α-hetero) is 1. The van der Waals surface area contributed by atoms with Crippen LogP contribution >= 0.6 is 11.6 Å². The third-order valence-corrected chi connectivity index (χ3v) is 1.42. The van der Waals surface area contributed by atoms with Gasteiger partial charge in [-0.3, -0.25) is 4.79 Å². The van der Waals surface area contributed by atoms with Crippen molar-refractivity contribution in [2.24, 2.45) is 0 Å². The lowest BCUT2D eigenvalue weighted by Crippen LogP contribution is -2.23. The van der Waals surface area contributed by atoms with Crippen LogP contribution in [-0.2, 0) is 0 Å². The van der Waals surface area contributed by atoms with E-state index in [2.05, 4.69) is 14.6 Å². The normalized spacial score (nSPS) is 14.1.